The maximum Gasteiger partial charge on any atom is 0.249 e. The van der Waals surface area contributed by atoms with E-state index in [1.165, 1.54) is 5.56 Å². The molecule has 0 spiro atoms. The number of amides is 2. The number of nitrogens with one attached hydrogen (secondary N) is 1. The second-order valence-electron chi connectivity index (χ2n) is 5.60. The van der Waals surface area contributed by atoms with Gasteiger partial charge in [0.25, 0.3) is 0 Å². The molecule has 1 aromatic carbocycles. The van der Waals surface area contributed by atoms with Gasteiger partial charge in [0.2, 0.25) is 11.8 Å². The lowest BCUT2D eigenvalue weighted by Gasteiger charge is -2.23. The highest BCUT2D eigenvalue weighted by Crippen LogP contribution is 2.27. The van der Waals surface area contributed by atoms with Gasteiger partial charge in [0.05, 0.1) is 0 Å². The molecule has 2 aliphatic rings. The van der Waals surface area contributed by atoms with Crippen molar-refractivity contribution in [1.29, 1.82) is 0 Å². The molecule has 2 amide bonds. The van der Waals surface area contributed by atoms with Gasteiger partial charge in [-0.05, 0) is 37.8 Å². The lowest BCUT2D eigenvalue weighted by atomic mass is 10.2. The number of carbonyl (C=O) groups excluding carboxylic acids is 2. The van der Waals surface area contributed by atoms with Gasteiger partial charge in [0.1, 0.15) is 12.1 Å². The number of benzene rings is 1. The molecule has 1 fully saturated rings. The van der Waals surface area contributed by atoms with Gasteiger partial charge in [-0.2, -0.15) is 0 Å². The molecule has 112 valence electrons. The lowest BCUT2D eigenvalue weighted by Crippen LogP contribution is -2.49. The molecule has 5 nitrogen and oxygen atoms in total. The number of hydrogen-bond donors (Lipinski definition) is 1. The maximum atomic E-state index is 12.5. The van der Waals surface area contributed by atoms with E-state index < -0.39 is 12.1 Å². The van der Waals surface area contributed by atoms with Crippen LogP contribution in [0.1, 0.15) is 25.3 Å². The number of hydrogen-bond acceptors (Lipinski definition) is 3. The van der Waals surface area contributed by atoms with Crippen LogP contribution in [0.2, 0.25) is 0 Å². The van der Waals surface area contributed by atoms with E-state index >= 15 is 0 Å². The molecule has 0 saturated carbocycles. The van der Waals surface area contributed by atoms with Crippen molar-refractivity contribution in [2.75, 3.05) is 18.1 Å². The summed E-state index contributed by atoms with van der Waals surface area (Å²) in [5, 5.41) is 2.77. The number of para-hydroxylation sites is 1. The lowest BCUT2D eigenvalue weighted by molar-refractivity contribution is -0.133. The standard InChI is InChI=1S/C16H20N2O3/c1-11(17-15(19)14-7-4-10-21-14)16(20)18-9-8-12-5-2-3-6-13(12)18/h2-3,5-6,11,14H,4,7-10H2,1H3,(H,17,19)/t11-,14?/m0/s1. The molecular weight excluding hydrogens is 268 g/mol. The number of ether oxygens (including phenoxy) is 1. The van der Waals surface area contributed by atoms with Crippen LogP contribution in [0.3, 0.4) is 0 Å². The minimum absolute atomic E-state index is 0.0636. The van der Waals surface area contributed by atoms with E-state index in [1.54, 1.807) is 11.8 Å². The van der Waals surface area contributed by atoms with Gasteiger partial charge in [-0.25, -0.2) is 0 Å². The zero-order chi connectivity index (χ0) is 14.8. The van der Waals surface area contributed by atoms with Crippen molar-refractivity contribution in [3.05, 3.63) is 29.8 Å². The van der Waals surface area contributed by atoms with Crippen molar-refractivity contribution in [2.45, 2.75) is 38.3 Å². The molecule has 0 bridgehead atoms. The summed E-state index contributed by atoms with van der Waals surface area (Å²) in [5.41, 5.74) is 2.14. The second kappa shape index (κ2) is 5.85. The Labute approximate surface area is 124 Å². The summed E-state index contributed by atoms with van der Waals surface area (Å²) in [6, 6.07) is 7.37. The van der Waals surface area contributed by atoms with Crippen LogP contribution in [-0.2, 0) is 20.7 Å². The molecule has 2 heterocycles. The molecule has 1 N–H and O–H groups in total. The average molecular weight is 288 g/mol. The molecule has 0 radical (unpaired) electrons. The summed E-state index contributed by atoms with van der Waals surface area (Å²) in [4.78, 5) is 26.3. The molecule has 2 aliphatic heterocycles. The molecule has 3 rings (SSSR count). The van der Waals surface area contributed by atoms with Crippen LogP contribution >= 0.6 is 0 Å². The topological polar surface area (TPSA) is 58.6 Å². The number of anilines is 1. The highest BCUT2D eigenvalue weighted by Gasteiger charge is 2.31. The zero-order valence-electron chi connectivity index (χ0n) is 12.2. The number of rotatable bonds is 3. The van der Waals surface area contributed by atoms with Gasteiger partial charge in [0, 0.05) is 18.8 Å². The Morgan fingerprint density at radius 1 is 1.38 bits per heavy atom. The van der Waals surface area contributed by atoms with Crippen molar-refractivity contribution in [3.8, 4) is 0 Å². The van der Waals surface area contributed by atoms with Crippen LogP contribution in [0.4, 0.5) is 5.69 Å². The number of nitrogens with zero attached hydrogens (tertiary/aromatic N) is 1. The Balaban J connectivity index is 1.64. The molecular formula is C16H20N2O3. The molecule has 21 heavy (non-hydrogen) atoms. The molecule has 0 aliphatic carbocycles. The first-order valence-electron chi connectivity index (χ1n) is 7.48. The summed E-state index contributed by atoms with van der Waals surface area (Å²) >= 11 is 0. The second-order valence-corrected chi connectivity index (χ2v) is 5.60. The molecule has 1 saturated heterocycles. The van der Waals surface area contributed by atoms with Gasteiger partial charge in [0.15, 0.2) is 0 Å². The Hall–Kier alpha value is -1.88. The third-order valence-corrected chi connectivity index (χ3v) is 4.10. The van der Waals surface area contributed by atoms with Crippen molar-refractivity contribution < 1.29 is 14.3 Å². The van der Waals surface area contributed by atoms with Crippen LogP contribution in [0, 0.1) is 0 Å². The first-order valence-corrected chi connectivity index (χ1v) is 7.48. The predicted octanol–water partition coefficient (Wildman–Crippen LogP) is 1.26. The number of fused-ring (bicyclic) bond motifs is 1. The van der Waals surface area contributed by atoms with Crippen LogP contribution in [0.5, 0.6) is 0 Å². The first kappa shape index (κ1) is 14.1. The fourth-order valence-electron chi connectivity index (χ4n) is 2.95. The van der Waals surface area contributed by atoms with Gasteiger partial charge < -0.3 is 15.0 Å². The fraction of sp³-hybridized carbons (Fsp3) is 0.500. The molecule has 5 heteroatoms. The quantitative estimate of drug-likeness (QED) is 0.911. The largest absolute Gasteiger partial charge is 0.368 e. The fourth-order valence-corrected chi connectivity index (χ4v) is 2.95. The van der Waals surface area contributed by atoms with Gasteiger partial charge in [-0.15, -0.1) is 0 Å². The van der Waals surface area contributed by atoms with E-state index in [1.807, 2.05) is 24.3 Å². The minimum atomic E-state index is -0.534. The monoisotopic (exact) mass is 288 g/mol. The van der Waals surface area contributed by atoms with E-state index in [9.17, 15) is 9.59 Å². The van der Waals surface area contributed by atoms with Crippen molar-refractivity contribution >= 4 is 17.5 Å². The van der Waals surface area contributed by atoms with Crippen LogP contribution in [-0.4, -0.2) is 37.1 Å². The summed E-state index contributed by atoms with van der Waals surface area (Å²) in [5.74, 6) is -0.243. The Morgan fingerprint density at radius 3 is 2.95 bits per heavy atom. The average Bonchev–Trinajstić information content (AvgIpc) is 3.15. The van der Waals surface area contributed by atoms with Crippen molar-refractivity contribution in [3.63, 3.8) is 0 Å². The van der Waals surface area contributed by atoms with Crippen LogP contribution < -0.4 is 10.2 Å². The smallest absolute Gasteiger partial charge is 0.249 e. The highest BCUT2D eigenvalue weighted by molar-refractivity contribution is 6.00. The normalized spacial score (nSPS) is 22.0. The van der Waals surface area contributed by atoms with Crippen LogP contribution in [0.25, 0.3) is 0 Å². The van der Waals surface area contributed by atoms with E-state index in [2.05, 4.69) is 5.32 Å². The van der Waals surface area contributed by atoms with Gasteiger partial charge in [-0.3, -0.25) is 9.59 Å². The van der Waals surface area contributed by atoms with Crippen molar-refractivity contribution in [1.82, 2.24) is 5.32 Å². The SMILES string of the molecule is C[C@H](NC(=O)C1CCCO1)C(=O)N1CCc2ccccc21. The summed E-state index contributed by atoms with van der Waals surface area (Å²) in [6.07, 6.45) is 2.11. The molecule has 2 atom stereocenters. The van der Waals surface area contributed by atoms with Gasteiger partial charge >= 0.3 is 0 Å². The molecule has 1 unspecified atom stereocenters. The predicted molar refractivity (Wildman–Crippen MR) is 79.1 cm³/mol. The number of carbonyl (C=O) groups is 2. The summed E-state index contributed by atoms with van der Waals surface area (Å²) in [7, 11) is 0. The third kappa shape index (κ3) is 2.78. The Bertz CT molecular complexity index is 552. The molecule has 0 aromatic heterocycles. The molecule has 1 aromatic rings. The maximum absolute atomic E-state index is 12.5. The first-order chi connectivity index (χ1) is 10.2. The van der Waals surface area contributed by atoms with E-state index in [-0.39, 0.29) is 11.8 Å². The van der Waals surface area contributed by atoms with Gasteiger partial charge in [-0.1, -0.05) is 18.2 Å². The van der Waals surface area contributed by atoms with Crippen LogP contribution in [0.15, 0.2) is 24.3 Å². The minimum Gasteiger partial charge on any atom is -0.368 e. The van der Waals surface area contributed by atoms with Crippen molar-refractivity contribution in [2.24, 2.45) is 0 Å². The van der Waals surface area contributed by atoms with E-state index in [4.69, 9.17) is 4.74 Å². The van der Waals surface area contributed by atoms with E-state index in [0.29, 0.717) is 13.2 Å². The summed E-state index contributed by atoms with van der Waals surface area (Å²) < 4.78 is 5.34. The summed E-state index contributed by atoms with van der Waals surface area (Å²) in [6.45, 7) is 3.04. The zero-order valence-corrected chi connectivity index (χ0v) is 12.2. The highest BCUT2D eigenvalue weighted by atomic mass is 16.5. The Kier molecular flexibility index (Phi) is 3.92. The third-order valence-electron chi connectivity index (χ3n) is 4.10. The Morgan fingerprint density at radius 2 is 2.19 bits per heavy atom. The van der Waals surface area contributed by atoms with E-state index in [0.717, 1.165) is 24.9 Å².